The van der Waals surface area contributed by atoms with E-state index in [2.05, 4.69) is 22.6 Å². The quantitative estimate of drug-likeness (QED) is 0.157. The summed E-state index contributed by atoms with van der Waals surface area (Å²) in [6, 6.07) is 26.4. The molecule has 6 aromatic rings. The van der Waals surface area contributed by atoms with Gasteiger partial charge in [0.2, 0.25) is 0 Å². The van der Waals surface area contributed by atoms with Crippen LogP contribution in [0.2, 0.25) is 0 Å². The summed E-state index contributed by atoms with van der Waals surface area (Å²) >= 11 is 0. The van der Waals surface area contributed by atoms with Crippen LogP contribution in [0.15, 0.2) is 130 Å². The molecule has 0 saturated heterocycles. The van der Waals surface area contributed by atoms with Gasteiger partial charge in [0.05, 0.1) is 18.1 Å². The number of para-hydroxylation sites is 1. The van der Waals surface area contributed by atoms with Gasteiger partial charge in [0, 0.05) is 51.3 Å². The van der Waals surface area contributed by atoms with Crippen LogP contribution in [-0.4, -0.2) is 17.1 Å². The minimum atomic E-state index is -0.0556. The summed E-state index contributed by atoms with van der Waals surface area (Å²) in [5.41, 5.74) is 5.34. The Morgan fingerprint density at radius 3 is 2.67 bits per heavy atom. The number of fused-ring (bicyclic) bond motifs is 3. The molecule has 7 nitrogen and oxygen atoms in total. The molecule has 216 valence electrons. The van der Waals surface area contributed by atoms with E-state index in [9.17, 15) is 9.59 Å². The number of hydrogen-bond acceptors (Lipinski definition) is 6. The van der Waals surface area contributed by atoms with Crippen molar-refractivity contribution < 1.29 is 35.0 Å². The monoisotopic (exact) mass is 748 g/mol. The number of aromatic nitrogens is 2. The van der Waals surface area contributed by atoms with E-state index in [-0.39, 0.29) is 31.9 Å². The predicted octanol–water partition coefficient (Wildman–Crippen LogP) is 6.86. The van der Waals surface area contributed by atoms with Gasteiger partial charge >= 0.3 is 0 Å². The molecule has 0 spiro atoms. The largest absolute Gasteiger partial charge is 0.500 e. The van der Waals surface area contributed by atoms with Crippen LogP contribution in [0.25, 0.3) is 44.5 Å². The molecule has 0 aliphatic carbocycles. The molecule has 43 heavy (non-hydrogen) atoms. The van der Waals surface area contributed by atoms with Gasteiger partial charge in [-0.05, 0) is 83.2 Å². The van der Waals surface area contributed by atoms with Crippen LogP contribution >= 0.6 is 0 Å². The number of nitrogens with one attached hydrogen (secondary N) is 1. The summed E-state index contributed by atoms with van der Waals surface area (Å²) in [6.45, 7) is 3.70. The minimum Gasteiger partial charge on any atom is -0.500 e. The molecule has 0 radical (unpaired) electrons. The van der Waals surface area contributed by atoms with Crippen molar-refractivity contribution in [1.29, 1.82) is 0 Å². The van der Waals surface area contributed by atoms with Crippen LogP contribution in [0.5, 0.6) is 11.5 Å². The molecule has 0 fully saturated rings. The van der Waals surface area contributed by atoms with Crippen LogP contribution in [0.1, 0.15) is 5.56 Å². The molecule has 0 unspecified atom stereocenters. The summed E-state index contributed by atoms with van der Waals surface area (Å²) < 4.78 is 16.7. The number of nitrogens with zero attached hydrogens (tertiary/aromatic N) is 1. The fourth-order valence-corrected chi connectivity index (χ4v) is 4.70. The van der Waals surface area contributed by atoms with Gasteiger partial charge in [0.15, 0.2) is 10.9 Å². The van der Waals surface area contributed by atoms with E-state index in [1.807, 2.05) is 36.4 Å². The van der Waals surface area contributed by atoms with Crippen LogP contribution in [0.4, 0.5) is 0 Å². The summed E-state index contributed by atoms with van der Waals surface area (Å²) in [6.07, 6.45) is 7.82. The van der Waals surface area contributed by atoms with E-state index in [4.69, 9.17) is 13.9 Å². The van der Waals surface area contributed by atoms with E-state index in [0.717, 1.165) is 40.3 Å². The van der Waals surface area contributed by atoms with Gasteiger partial charge in [-0.3, -0.25) is 9.59 Å². The first-order valence-corrected chi connectivity index (χ1v) is 13.2. The molecule has 8 heteroatoms. The molecule has 0 amide bonds. The Morgan fingerprint density at radius 1 is 1.00 bits per heavy atom. The maximum Gasteiger partial charge on any atom is 0.182 e. The van der Waals surface area contributed by atoms with Gasteiger partial charge in [-0.25, -0.2) is 0 Å². The third kappa shape index (κ3) is 6.27. The second-order valence-electron chi connectivity index (χ2n) is 9.51. The molecule has 3 aromatic carbocycles. The Morgan fingerprint density at radius 2 is 1.86 bits per heavy atom. The van der Waals surface area contributed by atoms with Gasteiger partial charge in [-0.1, -0.05) is 18.7 Å². The van der Waals surface area contributed by atoms with Crippen LogP contribution < -0.4 is 20.3 Å². The Balaban J connectivity index is 0.000000170. The van der Waals surface area contributed by atoms with Crippen LogP contribution in [0.3, 0.4) is 0 Å². The molecule has 0 bridgehead atoms. The van der Waals surface area contributed by atoms with E-state index in [1.165, 1.54) is 6.07 Å². The normalized spacial score (nSPS) is 11.7. The van der Waals surface area contributed by atoms with E-state index >= 15 is 0 Å². The van der Waals surface area contributed by atoms with Gasteiger partial charge < -0.3 is 23.9 Å². The van der Waals surface area contributed by atoms with Crippen molar-refractivity contribution in [2.24, 2.45) is 0 Å². The van der Waals surface area contributed by atoms with Crippen molar-refractivity contribution in [2.45, 2.75) is 6.42 Å². The third-order valence-electron chi connectivity index (χ3n) is 6.85. The zero-order chi connectivity index (χ0) is 29.1. The number of allylic oxidation sites excluding steroid dienone is 2. The van der Waals surface area contributed by atoms with Crippen LogP contribution in [0, 0.1) is 6.07 Å². The van der Waals surface area contributed by atoms with Gasteiger partial charge in [0.25, 0.3) is 0 Å². The first-order valence-electron chi connectivity index (χ1n) is 13.2. The Kier molecular flexibility index (Phi) is 8.84. The first-order chi connectivity index (χ1) is 20.5. The number of methoxy groups -OCH3 is 1. The van der Waals surface area contributed by atoms with Gasteiger partial charge in [-0.2, -0.15) is 0 Å². The zero-order valence-corrected chi connectivity index (χ0v) is 25.3. The summed E-state index contributed by atoms with van der Waals surface area (Å²) in [5.74, 6) is 2.34. The van der Waals surface area contributed by atoms with Crippen molar-refractivity contribution in [2.75, 3.05) is 7.11 Å². The molecule has 0 saturated carbocycles. The van der Waals surface area contributed by atoms with Gasteiger partial charge in [0.1, 0.15) is 22.8 Å². The predicted molar refractivity (Wildman–Crippen MR) is 164 cm³/mol. The molecule has 0 atom stereocenters. The van der Waals surface area contributed by atoms with E-state index in [1.54, 1.807) is 68.0 Å². The summed E-state index contributed by atoms with van der Waals surface area (Å²) in [5, 5.41) is 1.08. The topological polar surface area (TPSA) is 94.4 Å². The fourth-order valence-electron chi connectivity index (χ4n) is 4.70. The standard InChI is InChI=1S/C19H12NO3.C16H13NO2.Pt/c1-22-13-8-9-20-16(11-13)12-6-7-18-15(10-12)19(21)14-4-2-3-5-17(14)23-18;1-2-14-5-3-12-9-11(4-6-16(12)19-14)15-10-13(18)7-8-17-15;/h2-5,7-11H,1H3;2,4-10H,1,3H2,(H,17,18);/q-1;;. The Bertz CT molecular complexity index is 2110. The average Bonchev–Trinajstić information content (AvgIpc) is 3.04. The number of pyridine rings is 2. The smallest absolute Gasteiger partial charge is 0.182 e. The number of ether oxygens (including phenoxy) is 2. The summed E-state index contributed by atoms with van der Waals surface area (Å²) in [4.78, 5) is 31.4. The Hall–Kier alpha value is -5.00. The minimum absolute atomic E-state index is 0. The molecule has 1 N–H and O–H groups in total. The zero-order valence-electron chi connectivity index (χ0n) is 23.0. The number of benzene rings is 3. The molecular weight excluding hydrogens is 723 g/mol. The molecule has 1 aliphatic rings. The third-order valence-corrected chi connectivity index (χ3v) is 6.85. The van der Waals surface area contributed by atoms with Crippen molar-refractivity contribution in [1.82, 2.24) is 9.97 Å². The maximum absolute atomic E-state index is 12.7. The molecular formula is C35H25N2O5Pt-. The van der Waals surface area contributed by atoms with Crippen molar-refractivity contribution in [3.63, 3.8) is 0 Å². The molecule has 4 heterocycles. The van der Waals surface area contributed by atoms with Crippen LogP contribution in [-0.2, 0) is 27.5 Å². The molecule has 7 rings (SSSR count). The number of rotatable bonds is 4. The SMILES string of the molecule is C=CC1=CCc2cc(-c3cc(=O)cc[nH]3)ccc2O1.COc1ccnc(-c2[c-]cc3oc4ccccc4c(=O)c3c2)c1.[Pt]. The number of H-pyrrole nitrogens is 1. The number of hydrogen-bond donors (Lipinski definition) is 1. The molecule has 3 aromatic heterocycles. The maximum atomic E-state index is 12.7. The fraction of sp³-hybridized carbons (Fsp3) is 0.0571. The van der Waals surface area contributed by atoms with Crippen molar-refractivity contribution in [3.8, 4) is 34.0 Å². The van der Waals surface area contributed by atoms with Gasteiger partial charge in [-0.15, -0.1) is 23.8 Å². The average molecular weight is 749 g/mol. The van der Waals surface area contributed by atoms with E-state index < -0.39 is 0 Å². The Labute approximate surface area is 261 Å². The second-order valence-corrected chi connectivity index (χ2v) is 9.51. The second kappa shape index (κ2) is 12.9. The van der Waals surface area contributed by atoms with Crippen molar-refractivity contribution in [3.05, 3.63) is 148 Å². The molecule has 1 aliphatic heterocycles. The number of aromatic amines is 1. The first kappa shape index (κ1) is 29.5. The summed E-state index contributed by atoms with van der Waals surface area (Å²) in [7, 11) is 1.60. The van der Waals surface area contributed by atoms with E-state index in [0.29, 0.717) is 33.4 Å². The van der Waals surface area contributed by atoms with Crippen molar-refractivity contribution >= 4 is 21.9 Å².